The molecule has 1 heterocycles. The van der Waals surface area contributed by atoms with Gasteiger partial charge < -0.3 is 15.5 Å². The first-order valence-corrected chi connectivity index (χ1v) is 6.51. The zero-order chi connectivity index (χ0) is 11.9. The van der Waals surface area contributed by atoms with Crippen LogP contribution in [-0.4, -0.2) is 51.2 Å². The van der Waals surface area contributed by atoms with Gasteiger partial charge in [0.1, 0.15) is 0 Å². The first kappa shape index (κ1) is 17.3. The Hall–Kier alpha value is -0.120. The van der Waals surface area contributed by atoms with Gasteiger partial charge in [0.25, 0.3) is 0 Å². The molecule has 0 aliphatic carbocycles. The third-order valence-electron chi connectivity index (χ3n) is 2.11. The van der Waals surface area contributed by atoms with Crippen LogP contribution in [0.15, 0.2) is 0 Å². The zero-order valence-electron chi connectivity index (χ0n) is 11.4. The minimum Gasteiger partial charge on any atom is -0.320 e. The highest BCUT2D eigenvalue weighted by Gasteiger charge is 2.07. The van der Waals surface area contributed by atoms with E-state index in [1.165, 1.54) is 39.1 Å². The lowest BCUT2D eigenvalue weighted by Gasteiger charge is -2.26. The highest BCUT2D eigenvalue weighted by atomic mass is 15.2. The van der Waals surface area contributed by atoms with Crippen molar-refractivity contribution in [1.29, 1.82) is 0 Å². The minimum absolute atomic E-state index is 1.14. The van der Waals surface area contributed by atoms with Gasteiger partial charge in [-0.3, -0.25) is 0 Å². The number of hydrogen-bond donors (Lipinski definition) is 2. The fraction of sp³-hybridized carbons (Fsp3) is 1.00. The number of piperazine rings is 1. The Kier molecular flexibility index (Phi) is 18.8. The fourth-order valence-electron chi connectivity index (χ4n) is 1.41. The Labute approximate surface area is 96.6 Å². The molecule has 0 saturated carbocycles. The van der Waals surface area contributed by atoms with Crippen LogP contribution in [0.1, 0.15) is 34.1 Å². The summed E-state index contributed by atoms with van der Waals surface area (Å²) < 4.78 is 0. The minimum atomic E-state index is 1.14. The van der Waals surface area contributed by atoms with Crippen molar-refractivity contribution in [3.05, 3.63) is 0 Å². The third kappa shape index (κ3) is 11.8. The van der Waals surface area contributed by atoms with Gasteiger partial charge in [-0.15, -0.1) is 0 Å². The number of nitrogens with one attached hydrogen (secondary N) is 2. The van der Waals surface area contributed by atoms with E-state index in [2.05, 4.69) is 15.5 Å². The molecule has 0 amide bonds. The second-order valence-electron chi connectivity index (χ2n) is 3.05. The Bertz CT molecular complexity index is 90.9. The molecule has 1 rings (SSSR count). The molecule has 0 aromatic rings. The molecule has 2 N–H and O–H groups in total. The molecule has 3 heteroatoms. The average molecular weight is 217 g/mol. The Balaban J connectivity index is 0. The summed E-state index contributed by atoms with van der Waals surface area (Å²) in [5, 5.41) is 6.51. The van der Waals surface area contributed by atoms with Gasteiger partial charge in [0, 0.05) is 26.2 Å². The lowest BCUT2D eigenvalue weighted by molar-refractivity contribution is 0.238. The van der Waals surface area contributed by atoms with Gasteiger partial charge in [-0.25, -0.2) is 0 Å². The molecule has 0 aromatic carbocycles. The maximum absolute atomic E-state index is 3.35. The van der Waals surface area contributed by atoms with Gasteiger partial charge >= 0.3 is 0 Å². The van der Waals surface area contributed by atoms with Gasteiger partial charge in [0.2, 0.25) is 0 Å². The Morgan fingerprint density at radius 2 is 1.60 bits per heavy atom. The van der Waals surface area contributed by atoms with Crippen LogP contribution in [0.5, 0.6) is 0 Å². The maximum Gasteiger partial charge on any atom is 0.0107 e. The van der Waals surface area contributed by atoms with E-state index in [-0.39, 0.29) is 0 Å². The van der Waals surface area contributed by atoms with E-state index in [0.29, 0.717) is 0 Å². The fourth-order valence-corrected chi connectivity index (χ4v) is 1.41. The summed E-state index contributed by atoms with van der Waals surface area (Å²) in [6.45, 7) is 15.2. The van der Waals surface area contributed by atoms with Crippen LogP contribution in [-0.2, 0) is 0 Å². The third-order valence-corrected chi connectivity index (χ3v) is 2.11. The zero-order valence-corrected chi connectivity index (χ0v) is 11.4. The van der Waals surface area contributed by atoms with Crippen molar-refractivity contribution in [2.75, 3.05) is 46.3 Å². The van der Waals surface area contributed by atoms with Crippen LogP contribution in [0.25, 0.3) is 0 Å². The molecule has 94 valence electrons. The van der Waals surface area contributed by atoms with Crippen LogP contribution in [0.2, 0.25) is 0 Å². The van der Waals surface area contributed by atoms with Crippen molar-refractivity contribution in [2.45, 2.75) is 34.1 Å². The van der Waals surface area contributed by atoms with Crippen molar-refractivity contribution in [3.63, 3.8) is 0 Å². The van der Waals surface area contributed by atoms with Gasteiger partial charge in [0.05, 0.1) is 0 Å². The largest absolute Gasteiger partial charge is 0.320 e. The number of nitrogens with zero attached hydrogens (tertiary/aromatic N) is 1. The monoisotopic (exact) mass is 217 g/mol. The van der Waals surface area contributed by atoms with Crippen LogP contribution in [0.3, 0.4) is 0 Å². The summed E-state index contributed by atoms with van der Waals surface area (Å²) in [4.78, 5) is 2.52. The molecule has 1 saturated heterocycles. The second-order valence-corrected chi connectivity index (χ2v) is 3.05. The predicted molar refractivity (Wildman–Crippen MR) is 70.5 cm³/mol. The topological polar surface area (TPSA) is 27.3 Å². The predicted octanol–water partition coefficient (Wildman–Crippen LogP) is 1.55. The van der Waals surface area contributed by atoms with E-state index in [1.54, 1.807) is 0 Å². The second kappa shape index (κ2) is 16.3. The summed E-state index contributed by atoms with van der Waals surface area (Å²) in [5.41, 5.74) is 0. The van der Waals surface area contributed by atoms with Crippen molar-refractivity contribution in [2.24, 2.45) is 0 Å². The van der Waals surface area contributed by atoms with Gasteiger partial charge in [-0.05, 0) is 26.6 Å². The average Bonchev–Trinajstić information content (AvgIpc) is 2.36. The smallest absolute Gasteiger partial charge is 0.0107 e. The van der Waals surface area contributed by atoms with E-state index >= 15 is 0 Å². The quantitative estimate of drug-likeness (QED) is 0.700. The molecule has 1 aliphatic rings. The van der Waals surface area contributed by atoms with E-state index in [4.69, 9.17) is 0 Å². The number of hydrogen-bond acceptors (Lipinski definition) is 3. The number of rotatable bonds is 4. The normalized spacial score (nSPS) is 15.8. The van der Waals surface area contributed by atoms with E-state index in [1.807, 2.05) is 34.7 Å². The molecule has 0 aromatic heterocycles. The molecule has 0 radical (unpaired) electrons. The Morgan fingerprint density at radius 1 is 1.07 bits per heavy atom. The van der Waals surface area contributed by atoms with Crippen LogP contribution >= 0.6 is 0 Å². The van der Waals surface area contributed by atoms with Crippen molar-refractivity contribution >= 4 is 0 Å². The summed E-state index contributed by atoms with van der Waals surface area (Å²) >= 11 is 0. The highest BCUT2D eigenvalue weighted by Crippen LogP contribution is 1.92. The molecule has 0 bridgehead atoms. The first-order valence-electron chi connectivity index (χ1n) is 6.51. The molecule has 0 atom stereocenters. The molecule has 15 heavy (non-hydrogen) atoms. The molecule has 3 nitrogen and oxygen atoms in total. The lowest BCUT2D eigenvalue weighted by Crippen LogP contribution is -2.44. The van der Waals surface area contributed by atoms with Crippen molar-refractivity contribution in [1.82, 2.24) is 15.5 Å². The van der Waals surface area contributed by atoms with Crippen LogP contribution in [0.4, 0.5) is 0 Å². The standard InChI is InChI=1S/C8H19N3.2C2H6/c1-9-3-2-6-11-7-4-10-5-8-11;2*1-2/h9-10H,2-8H2,1H3;2*1-2H3. The van der Waals surface area contributed by atoms with Crippen molar-refractivity contribution in [3.8, 4) is 0 Å². The van der Waals surface area contributed by atoms with Crippen LogP contribution < -0.4 is 10.6 Å². The van der Waals surface area contributed by atoms with Crippen molar-refractivity contribution < 1.29 is 0 Å². The van der Waals surface area contributed by atoms with Gasteiger partial charge in [0.15, 0.2) is 0 Å². The van der Waals surface area contributed by atoms with Gasteiger partial charge in [-0.1, -0.05) is 27.7 Å². The molecule has 0 unspecified atom stereocenters. The summed E-state index contributed by atoms with van der Waals surface area (Å²) in [7, 11) is 2.01. The lowest BCUT2D eigenvalue weighted by atomic mass is 10.3. The van der Waals surface area contributed by atoms with E-state index < -0.39 is 0 Å². The van der Waals surface area contributed by atoms with Gasteiger partial charge in [-0.2, -0.15) is 0 Å². The molecule has 0 spiro atoms. The summed E-state index contributed by atoms with van der Waals surface area (Å²) in [6, 6.07) is 0. The highest BCUT2D eigenvalue weighted by molar-refractivity contribution is 4.67. The molecule has 1 aliphatic heterocycles. The SMILES string of the molecule is CC.CC.CNCCCN1CCNCC1. The molecular weight excluding hydrogens is 186 g/mol. The summed E-state index contributed by atoms with van der Waals surface area (Å²) in [5.74, 6) is 0. The molecular formula is C12H31N3. The van der Waals surface area contributed by atoms with E-state index in [0.717, 1.165) is 6.54 Å². The Morgan fingerprint density at radius 3 is 2.07 bits per heavy atom. The van der Waals surface area contributed by atoms with Crippen LogP contribution in [0, 0.1) is 0 Å². The first-order chi connectivity index (χ1) is 7.43. The molecule has 1 fully saturated rings. The summed E-state index contributed by atoms with van der Waals surface area (Å²) in [6.07, 6.45) is 1.27. The van der Waals surface area contributed by atoms with E-state index in [9.17, 15) is 0 Å². The maximum atomic E-state index is 3.35.